The molecule has 1 aliphatic rings. The number of rotatable bonds is 1. The van der Waals surface area contributed by atoms with Crippen molar-refractivity contribution in [3.8, 4) is 0 Å². The van der Waals surface area contributed by atoms with Gasteiger partial charge in [-0.05, 0) is 12.8 Å². The van der Waals surface area contributed by atoms with Crippen LogP contribution in [0.5, 0.6) is 0 Å². The van der Waals surface area contributed by atoms with Crippen molar-refractivity contribution in [2.75, 3.05) is 0 Å². The standard InChI is InChI=1S/C7H12O2.H2O.Zr/c8-7(9)6-4-2-1-3-5-6;;/h6H,1-5H2,(H,8,9);1H2;. The molecule has 1 aliphatic carbocycles. The Kier molecular flexibility index (Phi) is 8.81. The fourth-order valence-electron chi connectivity index (χ4n) is 1.35. The molecule has 1 fully saturated rings. The number of aliphatic carboxylic acids is 1. The molecular formula is C7H14O3Zr. The van der Waals surface area contributed by atoms with Crippen molar-refractivity contribution in [1.29, 1.82) is 0 Å². The summed E-state index contributed by atoms with van der Waals surface area (Å²) in [6.45, 7) is 0. The molecule has 64 valence electrons. The Bertz CT molecular complexity index is 110. The molecule has 4 heteroatoms. The molecule has 0 aromatic carbocycles. The van der Waals surface area contributed by atoms with Crippen LogP contribution >= 0.6 is 0 Å². The third kappa shape index (κ3) is 4.70. The van der Waals surface area contributed by atoms with Crippen LogP contribution in [0.2, 0.25) is 0 Å². The first-order valence-corrected chi connectivity index (χ1v) is 3.53. The second kappa shape index (κ2) is 6.99. The predicted molar refractivity (Wildman–Crippen MR) is 37.8 cm³/mol. The van der Waals surface area contributed by atoms with Crippen molar-refractivity contribution in [3.05, 3.63) is 0 Å². The molecule has 0 radical (unpaired) electrons. The van der Waals surface area contributed by atoms with Gasteiger partial charge in [0.2, 0.25) is 0 Å². The van der Waals surface area contributed by atoms with Gasteiger partial charge in [-0.15, -0.1) is 0 Å². The Morgan fingerprint density at radius 3 is 1.91 bits per heavy atom. The average Bonchev–Trinajstić information content (AvgIpc) is 1.90. The summed E-state index contributed by atoms with van der Waals surface area (Å²) in [7, 11) is 0. The first-order chi connectivity index (χ1) is 4.30. The maximum absolute atomic E-state index is 10.4. The maximum Gasteiger partial charge on any atom is 0.306 e. The molecule has 0 aliphatic heterocycles. The van der Waals surface area contributed by atoms with Gasteiger partial charge < -0.3 is 10.6 Å². The minimum Gasteiger partial charge on any atom is -0.481 e. The molecule has 0 amide bonds. The van der Waals surface area contributed by atoms with Gasteiger partial charge in [0.05, 0.1) is 5.92 Å². The topological polar surface area (TPSA) is 68.8 Å². The number of carboxylic acid groups (broad SMARTS) is 1. The van der Waals surface area contributed by atoms with E-state index in [1.807, 2.05) is 0 Å². The van der Waals surface area contributed by atoms with Gasteiger partial charge in [-0.2, -0.15) is 0 Å². The first-order valence-electron chi connectivity index (χ1n) is 3.53. The maximum atomic E-state index is 10.4. The third-order valence-corrected chi connectivity index (χ3v) is 1.95. The summed E-state index contributed by atoms with van der Waals surface area (Å²) in [5, 5.41) is 8.54. The normalized spacial score (nSPS) is 17.8. The van der Waals surface area contributed by atoms with E-state index in [9.17, 15) is 4.79 Å². The molecule has 0 unspecified atom stereocenters. The minimum absolute atomic E-state index is 0. The molecule has 3 N–H and O–H groups in total. The fourth-order valence-corrected chi connectivity index (χ4v) is 1.35. The SMILES string of the molecule is O.O=C(O)C1CCCCC1.[Zr]. The molecule has 1 rings (SSSR count). The van der Waals surface area contributed by atoms with Crippen LogP contribution in [0.1, 0.15) is 32.1 Å². The van der Waals surface area contributed by atoms with Gasteiger partial charge in [0.15, 0.2) is 0 Å². The smallest absolute Gasteiger partial charge is 0.306 e. The monoisotopic (exact) mass is 236 g/mol. The van der Waals surface area contributed by atoms with Gasteiger partial charge in [0.1, 0.15) is 0 Å². The van der Waals surface area contributed by atoms with Gasteiger partial charge in [-0.3, -0.25) is 4.79 Å². The summed E-state index contributed by atoms with van der Waals surface area (Å²) < 4.78 is 0. The van der Waals surface area contributed by atoms with E-state index in [1.165, 1.54) is 6.42 Å². The van der Waals surface area contributed by atoms with Crippen molar-refractivity contribution in [1.82, 2.24) is 0 Å². The van der Waals surface area contributed by atoms with E-state index in [0.717, 1.165) is 25.7 Å². The molecular weight excluding hydrogens is 223 g/mol. The summed E-state index contributed by atoms with van der Waals surface area (Å²) in [5.74, 6) is -0.631. The minimum atomic E-state index is -0.602. The zero-order chi connectivity index (χ0) is 6.69. The molecule has 0 aromatic rings. The van der Waals surface area contributed by atoms with E-state index < -0.39 is 5.97 Å². The first kappa shape index (κ1) is 13.9. The molecule has 0 heterocycles. The van der Waals surface area contributed by atoms with Gasteiger partial charge >= 0.3 is 5.97 Å². The van der Waals surface area contributed by atoms with Crippen LogP contribution in [0.15, 0.2) is 0 Å². The second-order valence-corrected chi connectivity index (χ2v) is 2.67. The molecule has 0 aromatic heterocycles. The quantitative estimate of drug-likeness (QED) is 0.733. The van der Waals surface area contributed by atoms with E-state index in [2.05, 4.69) is 0 Å². The molecule has 0 bridgehead atoms. The van der Waals surface area contributed by atoms with Crippen LogP contribution < -0.4 is 0 Å². The summed E-state index contributed by atoms with van der Waals surface area (Å²) in [5.41, 5.74) is 0. The van der Waals surface area contributed by atoms with Crippen LogP contribution in [0.3, 0.4) is 0 Å². The number of carbonyl (C=O) groups is 1. The predicted octanol–water partition coefficient (Wildman–Crippen LogP) is 0.824. The summed E-state index contributed by atoms with van der Waals surface area (Å²) >= 11 is 0. The van der Waals surface area contributed by atoms with E-state index in [1.54, 1.807) is 0 Å². The zero-order valence-corrected chi connectivity index (χ0v) is 8.93. The van der Waals surface area contributed by atoms with Crippen molar-refractivity contribution >= 4 is 5.97 Å². The molecule has 0 atom stereocenters. The van der Waals surface area contributed by atoms with Gasteiger partial charge in [-0.25, -0.2) is 0 Å². The van der Waals surface area contributed by atoms with E-state index in [0.29, 0.717) is 0 Å². The Labute approximate surface area is 85.6 Å². The summed E-state index contributed by atoms with van der Waals surface area (Å²) in [6, 6.07) is 0. The molecule has 11 heavy (non-hydrogen) atoms. The number of carboxylic acids is 1. The Morgan fingerprint density at radius 2 is 1.64 bits per heavy atom. The molecule has 0 saturated heterocycles. The Morgan fingerprint density at radius 1 is 1.18 bits per heavy atom. The van der Waals surface area contributed by atoms with Gasteiger partial charge in [0.25, 0.3) is 0 Å². The Balaban J connectivity index is 0. The van der Waals surface area contributed by atoms with Crippen molar-refractivity contribution in [2.45, 2.75) is 32.1 Å². The van der Waals surface area contributed by atoms with E-state index in [4.69, 9.17) is 5.11 Å². The zero-order valence-electron chi connectivity index (χ0n) is 6.47. The molecule has 1 saturated carbocycles. The second-order valence-electron chi connectivity index (χ2n) is 2.67. The van der Waals surface area contributed by atoms with Crippen molar-refractivity contribution in [2.24, 2.45) is 5.92 Å². The van der Waals surface area contributed by atoms with E-state index in [-0.39, 0.29) is 37.6 Å². The van der Waals surface area contributed by atoms with Crippen molar-refractivity contribution < 1.29 is 41.6 Å². The number of hydrogen-bond donors (Lipinski definition) is 1. The largest absolute Gasteiger partial charge is 0.481 e. The van der Waals surface area contributed by atoms with Crippen LogP contribution in [0.25, 0.3) is 0 Å². The fraction of sp³-hybridized carbons (Fsp3) is 0.857. The van der Waals surface area contributed by atoms with E-state index >= 15 is 0 Å². The van der Waals surface area contributed by atoms with Crippen LogP contribution in [0, 0.1) is 5.92 Å². The van der Waals surface area contributed by atoms with Crippen LogP contribution in [-0.4, -0.2) is 16.6 Å². The van der Waals surface area contributed by atoms with Crippen LogP contribution in [0.4, 0.5) is 0 Å². The summed E-state index contributed by atoms with van der Waals surface area (Å²) in [6.07, 6.45) is 5.24. The molecule has 0 spiro atoms. The van der Waals surface area contributed by atoms with Gasteiger partial charge in [0, 0.05) is 26.2 Å². The summed E-state index contributed by atoms with van der Waals surface area (Å²) in [4.78, 5) is 10.4. The Hall–Kier alpha value is 0.313. The third-order valence-electron chi connectivity index (χ3n) is 1.95. The van der Waals surface area contributed by atoms with Crippen molar-refractivity contribution in [3.63, 3.8) is 0 Å². The number of hydrogen-bond acceptors (Lipinski definition) is 1. The molecule has 3 nitrogen and oxygen atoms in total. The van der Waals surface area contributed by atoms with Crippen LogP contribution in [-0.2, 0) is 31.0 Å². The average molecular weight is 237 g/mol. The van der Waals surface area contributed by atoms with Gasteiger partial charge in [-0.1, -0.05) is 19.3 Å².